The van der Waals surface area contributed by atoms with E-state index in [0.717, 1.165) is 57.8 Å². The molecule has 60 heavy (non-hydrogen) atoms. The van der Waals surface area contributed by atoms with Crippen LogP contribution in [0.4, 0.5) is 0 Å². The van der Waals surface area contributed by atoms with Gasteiger partial charge in [0, 0.05) is 12.8 Å². The van der Waals surface area contributed by atoms with Gasteiger partial charge in [-0.25, -0.2) is 4.57 Å². The van der Waals surface area contributed by atoms with Crippen molar-refractivity contribution in [2.75, 3.05) is 13.2 Å². The van der Waals surface area contributed by atoms with Gasteiger partial charge in [-0.2, -0.15) is 0 Å². The number of hydrogen-bond acceptors (Lipinski definition) is 13. The molecule has 1 saturated carbocycles. The normalized spacial score (nSPS) is 23.4. The van der Waals surface area contributed by atoms with Crippen LogP contribution in [0.1, 0.15) is 136 Å². The summed E-state index contributed by atoms with van der Waals surface area (Å²) in [4.78, 5) is 35.6. The van der Waals surface area contributed by atoms with Gasteiger partial charge in [0.05, 0.1) is 12.7 Å². The number of ether oxygens (including phenoxy) is 2. The van der Waals surface area contributed by atoms with Gasteiger partial charge in [0.15, 0.2) is 6.10 Å². The van der Waals surface area contributed by atoms with Crippen molar-refractivity contribution in [1.82, 2.24) is 0 Å². The predicted molar refractivity (Wildman–Crippen MR) is 231 cm³/mol. The third kappa shape index (κ3) is 27.2. The molecule has 0 spiro atoms. The third-order valence-electron chi connectivity index (χ3n) is 9.61. The fraction of sp³-hybridized carbons (Fsp3) is 0.689. The molecule has 4 unspecified atom stereocenters. The van der Waals surface area contributed by atoms with E-state index in [0.29, 0.717) is 25.7 Å². The Morgan fingerprint density at radius 1 is 0.617 bits per heavy atom. The Hall–Kier alpha value is -2.75. The molecule has 0 bridgehead atoms. The molecule has 1 rings (SSSR count). The zero-order valence-corrected chi connectivity index (χ0v) is 36.7. The van der Waals surface area contributed by atoms with Crippen molar-refractivity contribution in [2.45, 2.75) is 185 Å². The van der Waals surface area contributed by atoms with E-state index in [1.807, 2.05) is 61.6 Å². The molecule has 0 aromatic carbocycles. The second-order valence-corrected chi connectivity index (χ2v) is 16.4. The van der Waals surface area contributed by atoms with Crippen molar-refractivity contribution >= 4 is 19.8 Å². The first-order valence-electron chi connectivity index (χ1n) is 21.8. The topological polar surface area (TPSA) is 230 Å². The van der Waals surface area contributed by atoms with Gasteiger partial charge in [-0.3, -0.25) is 18.6 Å². The zero-order chi connectivity index (χ0) is 44.4. The van der Waals surface area contributed by atoms with Crippen LogP contribution in [0.5, 0.6) is 0 Å². The van der Waals surface area contributed by atoms with Gasteiger partial charge in [0.25, 0.3) is 0 Å². The monoisotopic (exact) mass is 870 g/mol. The van der Waals surface area contributed by atoms with Gasteiger partial charge in [-0.1, -0.05) is 125 Å². The second-order valence-electron chi connectivity index (χ2n) is 15.0. The van der Waals surface area contributed by atoms with Crippen LogP contribution >= 0.6 is 7.82 Å². The summed E-state index contributed by atoms with van der Waals surface area (Å²) in [6.07, 6.45) is 25.9. The fourth-order valence-electron chi connectivity index (χ4n) is 6.04. The van der Waals surface area contributed by atoms with Gasteiger partial charge in [-0.15, -0.1) is 0 Å². The molecular weight excluding hydrogens is 795 g/mol. The molecule has 1 aliphatic carbocycles. The average molecular weight is 871 g/mol. The van der Waals surface area contributed by atoms with Crippen LogP contribution in [0.3, 0.4) is 0 Å². The van der Waals surface area contributed by atoms with Gasteiger partial charge in [0.2, 0.25) is 0 Å². The molecule has 9 atom stereocenters. The van der Waals surface area contributed by atoms with E-state index >= 15 is 0 Å². The molecule has 344 valence electrons. The van der Waals surface area contributed by atoms with Gasteiger partial charge in [0.1, 0.15) is 43.2 Å². The SMILES string of the molecule is CC/C=C\C(O)C/C=C/C=C\C/C=C\C/C=C\CCCC(=O)OC[C@H](COP(=O)(O)OC1[C@H](O)[C@H](O)C(O)[C@H](O)[C@H]1O)OC(=O)CCCCCCC/C=C\CCCCCC. The van der Waals surface area contributed by atoms with E-state index in [2.05, 4.69) is 19.1 Å². The Kier molecular flexibility index (Phi) is 32.0. The van der Waals surface area contributed by atoms with Crippen molar-refractivity contribution in [2.24, 2.45) is 0 Å². The fourth-order valence-corrected chi connectivity index (χ4v) is 7.01. The maximum Gasteiger partial charge on any atom is 0.472 e. The number of unbranched alkanes of at least 4 members (excludes halogenated alkanes) is 10. The molecule has 0 heterocycles. The summed E-state index contributed by atoms with van der Waals surface area (Å²) in [6, 6.07) is 0. The maximum atomic E-state index is 12.8. The van der Waals surface area contributed by atoms with Gasteiger partial charge >= 0.3 is 19.8 Å². The van der Waals surface area contributed by atoms with Crippen molar-refractivity contribution in [3.63, 3.8) is 0 Å². The summed E-state index contributed by atoms with van der Waals surface area (Å²) >= 11 is 0. The summed E-state index contributed by atoms with van der Waals surface area (Å²) in [6.45, 7) is 2.96. The highest BCUT2D eigenvalue weighted by Gasteiger charge is 2.51. The highest BCUT2D eigenvalue weighted by Crippen LogP contribution is 2.47. The smallest absolute Gasteiger partial charge is 0.462 e. The van der Waals surface area contributed by atoms with Crippen LogP contribution in [-0.2, 0) is 32.7 Å². The van der Waals surface area contributed by atoms with Gasteiger partial charge in [-0.05, 0) is 70.6 Å². The Balaban J connectivity index is 2.55. The van der Waals surface area contributed by atoms with E-state index in [4.69, 9.17) is 18.5 Å². The number of phosphoric ester groups is 1. The first-order chi connectivity index (χ1) is 28.8. The molecule has 0 aromatic heterocycles. The van der Waals surface area contributed by atoms with Crippen LogP contribution in [0, 0.1) is 0 Å². The quantitative estimate of drug-likeness (QED) is 0.0115. The molecule has 0 aromatic rings. The molecule has 0 saturated heterocycles. The first-order valence-corrected chi connectivity index (χ1v) is 23.3. The zero-order valence-electron chi connectivity index (χ0n) is 35.8. The first kappa shape index (κ1) is 55.3. The minimum Gasteiger partial charge on any atom is -0.462 e. The van der Waals surface area contributed by atoms with Crippen LogP contribution < -0.4 is 0 Å². The Morgan fingerprint density at radius 3 is 1.82 bits per heavy atom. The van der Waals surface area contributed by atoms with E-state index in [1.165, 1.54) is 25.7 Å². The van der Waals surface area contributed by atoms with Gasteiger partial charge < -0.3 is 45.0 Å². The lowest BCUT2D eigenvalue weighted by Crippen LogP contribution is -2.64. The number of rotatable bonds is 34. The van der Waals surface area contributed by atoms with Crippen LogP contribution in [0.25, 0.3) is 0 Å². The number of aliphatic hydroxyl groups is 6. The van der Waals surface area contributed by atoms with Crippen molar-refractivity contribution in [3.8, 4) is 0 Å². The van der Waals surface area contributed by atoms with Crippen LogP contribution in [0.15, 0.2) is 72.9 Å². The molecular formula is C45H75O14P. The lowest BCUT2D eigenvalue weighted by molar-refractivity contribution is -0.220. The molecule has 15 heteroatoms. The van der Waals surface area contributed by atoms with Crippen molar-refractivity contribution < 1.29 is 68.2 Å². The highest BCUT2D eigenvalue weighted by atomic mass is 31.2. The van der Waals surface area contributed by atoms with Crippen molar-refractivity contribution in [3.05, 3.63) is 72.9 Å². The summed E-state index contributed by atoms with van der Waals surface area (Å²) in [5.74, 6) is -1.21. The van der Waals surface area contributed by atoms with Crippen LogP contribution in [-0.4, -0.2) is 110 Å². The largest absolute Gasteiger partial charge is 0.472 e. The Bertz CT molecular complexity index is 1340. The molecule has 0 amide bonds. The summed E-state index contributed by atoms with van der Waals surface area (Å²) in [7, 11) is -5.14. The lowest BCUT2D eigenvalue weighted by atomic mass is 9.85. The number of phosphoric acid groups is 1. The Labute approximate surface area is 358 Å². The number of esters is 2. The van der Waals surface area contributed by atoms with Crippen LogP contribution in [0.2, 0.25) is 0 Å². The molecule has 0 aliphatic heterocycles. The second kappa shape index (κ2) is 34.8. The number of carbonyl (C=O) groups excluding carboxylic acids is 2. The van der Waals surface area contributed by atoms with E-state index in [9.17, 15) is 49.7 Å². The number of hydrogen-bond donors (Lipinski definition) is 7. The lowest BCUT2D eigenvalue weighted by Gasteiger charge is -2.41. The molecule has 1 fully saturated rings. The number of aliphatic hydroxyl groups excluding tert-OH is 6. The summed E-state index contributed by atoms with van der Waals surface area (Å²) in [5.41, 5.74) is 0. The van der Waals surface area contributed by atoms with Crippen molar-refractivity contribution in [1.29, 1.82) is 0 Å². The maximum absolute atomic E-state index is 12.8. The summed E-state index contributed by atoms with van der Waals surface area (Å²) < 4.78 is 33.4. The van der Waals surface area contributed by atoms with E-state index in [1.54, 1.807) is 6.08 Å². The molecule has 1 aliphatic rings. The Morgan fingerprint density at radius 2 is 1.15 bits per heavy atom. The number of allylic oxidation sites excluding steroid dienone is 10. The highest BCUT2D eigenvalue weighted by molar-refractivity contribution is 7.47. The molecule has 14 nitrogen and oxygen atoms in total. The minimum atomic E-state index is -5.14. The standard InChI is InChI=1S/C45H75O14P/c1-3-5-7-8-9-10-11-12-17-20-23-26-29-33-39(48)58-37(35-57-60(54,55)59-45-43(52)41(50)40(49)42(51)44(45)53)34-56-38(47)32-28-25-22-19-16-14-13-15-18-21-24-27-31-36(46)30-6-4-2/h6,10-11,13-14,18-19,21-22,24,27,30,36-37,40-46,49-53H,3-5,7-9,12,15-17,20,23,25-26,28-29,31-35H2,1-2H3,(H,54,55)/b11-10-,14-13-,21-18-,22-19-,27-24+,30-6-/t36?,37-,40?,41-,42+,43-,44-,45?/m1/s1. The average Bonchev–Trinajstić information content (AvgIpc) is 3.22. The minimum absolute atomic E-state index is 0.0622. The third-order valence-corrected chi connectivity index (χ3v) is 10.6. The molecule has 0 radical (unpaired) electrons. The predicted octanol–water partition coefficient (Wildman–Crippen LogP) is 6.91. The van der Waals surface area contributed by atoms with E-state index < -0.39 is 81.8 Å². The van der Waals surface area contributed by atoms with E-state index in [-0.39, 0.29) is 12.8 Å². The number of carbonyl (C=O) groups is 2. The molecule has 7 N–H and O–H groups in total. The summed E-state index contributed by atoms with van der Waals surface area (Å²) in [5, 5.41) is 59.8.